The van der Waals surface area contributed by atoms with Crippen LogP contribution in [0.3, 0.4) is 0 Å². The van der Waals surface area contributed by atoms with Crippen LogP contribution in [0.25, 0.3) is 0 Å². The van der Waals surface area contributed by atoms with Crippen LogP contribution in [0.5, 0.6) is 0 Å². The first-order chi connectivity index (χ1) is 6.34. The number of rotatable bonds is 2. The van der Waals surface area contributed by atoms with Gasteiger partial charge in [-0.25, -0.2) is 0 Å². The van der Waals surface area contributed by atoms with Crippen LogP contribution in [-0.4, -0.2) is 16.8 Å². The summed E-state index contributed by atoms with van der Waals surface area (Å²) in [5, 5.41) is 3.37. The Morgan fingerprint density at radius 1 is 1.38 bits per heavy atom. The molecule has 1 heterocycles. The number of H-pyrrole nitrogens is 1. The minimum absolute atomic E-state index is 0.407. The molecule has 1 fully saturated rings. The number of hydrogen-bond acceptors (Lipinski definition) is 2. The predicted molar refractivity (Wildman–Crippen MR) is 51.7 cm³/mol. The molecule has 0 atom stereocenters. The molecular weight excluding hydrogens is 164 g/mol. The maximum atomic E-state index is 11.0. The zero-order chi connectivity index (χ0) is 9.10. The molecule has 1 aliphatic rings. The molecule has 1 aromatic heterocycles. The van der Waals surface area contributed by atoms with E-state index in [2.05, 4.69) is 10.3 Å². The molecule has 0 amide bonds. The second-order valence-corrected chi connectivity index (χ2v) is 3.54. The molecule has 1 aliphatic carbocycles. The average molecular weight is 178 g/mol. The van der Waals surface area contributed by atoms with Crippen LogP contribution in [0.2, 0.25) is 0 Å². The van der Waals surface area contributed by atoms with E-state index in [0.29, 0.717) is 11.8 Å². The topological polar surface area (TPSA) is 44.9 Å². The Hall–Kier alpha value is -1.25. The van der Waals surface area contributed by atoms with E-state index in [1.165, 1.54) is 0 Å². The summed E-state index contributed by atoms with van der Waals surface area (Å²) in [6, 6.07) is 4.45. The molecule has 0 spiro atoms. The maximum absolute atomic E-state index is 11.0. The molecule has 0 aromatic carbocycles. The van der Waals surface area contributed by atoms with Gasteiger partial charge >= 0.3 is 0 Å². The van der Waals surface area contributed by atoms with Crippen LogP contribution in [0.1, 0.15) is 25.7 Å². The van der Waals surface area contributed by atoms with Gasteiger partial charge in [0.2, 0.25) is 0 Å². The highest BCUT2D eigenvalue weighted by Crippen LogP contribution is 2.18. The Balaban J connectivity index is 1.86. The van der Waals surface area contributed by atoms with E-state index in [9.17, 15) is 4.79 Å². The number of nitrogens with one attached hydrogen (secondary N) is 2. The standard InChI is InChI=1S/C10H14N2O/c13-9-5-3-8(4-6-9)12-10-2-1-7-11-10/h1-2,7-8,11-12H,3-6H2. The van der Waals surface area contributed by atoms with Crippen molar-refractivity contribution >= 4 is 11.6 Å². The lowest BCUT2D eigenvalue weighted by atomic mass is 9.94. The van der Waals surface area contributed by atoms with E-state index in [0.717, 1.165) is 31.5 Å². The first-order valence-electron chi connectivity index (χ1n) is 4.76. The third-order valence-corrected chi connectivity index (χ3v) is 2.50. The SMILES string of the molecule is O=C1CCC(Nc2ccc[nH]2)CC1. The molecule has 3 heteroatoms. The zero-order valence-corrected chi connectivity index (χ0v) is 7.55. The third kappa shape index (κ3) is 2.11. The van der Waals surface area contributed by atoms with E-state index in [-0.39, 0.29) is 0 Å². The van der Waals surface area contributed by atoms with Gasteiger partial charge in [0.25, 0.3) is 0 Å². The molecule has 13 heavy (non-hydrogen) atoms. The zero-order valence-electron chi connectivity index (χ0n) is 7.55. The summed E-state index contributed by atoms with van der Waals surface area (Å²) in [6.45, 7) is 0. The Kier molecular flexibility index (Phi) is 2.34. The smallest absolute Gasteiger partial charge is 0.133 e. The Bertz CT molecular complexity index is 269. The van der Waals surface area contributed by atoms with Gasteiger partial charge in [-0.05, 0) is 25.0 Å². The van der Waals surface area contributed by atoms with Crippen molar-refractivity contribution in [1.29, 1.82) is 0 Å². The fourth-order valence-corrected chi connectivity index (χ4v) is 1.72. The molecule has 0 bridgehead atoms. The highest BCUT2D eigenvalue weighted by molar-refractivity contribution is 5.79. The van der Waals surface area contributed by atoms with Crippen molar-refractivity contribution in [2.24, 2.45) is 0 Å². The van der Waals surface area contributed by atoms with Gasteiger partial charge in [-0.15, -0.1) is 0 Å². The van der Waals surface area contributed by atoms with E-state index in [4.69, 9.17) is 0 Å². The monoisotopic (exact) mass is 178 g/mol. The van der Waals surface area contributed by atoms with Gasteiger partial charge < -0.3 is 10.3 Å². The van der Waals surface area contributed by atoms with E-state index in [1.807, 2.05) is 18.3 Å². The molecule has 1 saturated carbocycles. The van der Waals surface area contributed by atoms with E-state index in [1.54, 1.807) is 0 Å². The van der Waals surface area contributed by atoms with Crippen LogP contribution in [-0.2, 0) is 4.79 Å². The number of aromatic nitrogens is 1. The number of Topliss-reactive ketones (excluding diaryl/α,β-unsaturated/α-hetero) is 1. The van der Waals surface area contributed by atoms with E-state index < -0.39 is 0 Å². The van der Waals surface area contributed by atoms with Crippen molar-refractivity contribution in [3.63, 3.8) is 0 Å². The molecular formula is C10H14N2O. The summed E-state index contributed by atoms with van der Waals surface area (Å²) in [5.74, 6) is 1.46. The first-order valence-corrected chi connectivity index (χ1v) is 4.76. The summed E-state index contributed by atoms with van der Waals surface area (Å²) < 4.78 is 0. The lowest BCUT2D eigenvalue weighted by molar-refractivity contribution is -0.120. The summed E-state index contributed by atoms with van der Waals surface area (Å²) in [4.78, 5) is 14.1. The molecule has 0 radical (unpaired) electrons. The molecule has 2 N–H and O–H groups in total. The summed E-state index contributed by atoms with van der Waals surface area (Å²) in [5.41, 5.74) is 0. The maximum Gasteiger partial charge on any atom is 0.133 e. The number of aromatic amines is 1. The minimum atomic E-state index is 0.407. The molecule has 2 rings (SSSR count). The van der Waals surface area contributed by atoms with Crippen molar-refractivity contribution < 1.29 is 4.79 Å². The van der Waals surface area contributed by atoms with Gasteiger partial charge in [0.05, 0.1) is 0 Å². The molecule has 0 aliphatic heterocycles. The minimum Gasteiger partial charge on any atom is -0.369 e. The van der Waals surface area contributed by atoms with Crippen LogP contribution >= 0.6 is 0 Å². The lowest BCUT2D eigenvalue weighted by Crippen LogP contribution is -2.26. The fraction of sp³-hybridized carbons (Fsp3) is 0.500. The molecule has 0 saturated heterocycles. The largest absolute Gasteiger partial charge is 0.369 e. The van der Waals surface area contributed by atoms with Gasteiger partial charge in [0, 0.05) is 25.1 Å². The predicted octanol–water partition coefficient (Wildman–Crippen LogP) is 1.94. The highest BCUT2D eigenvalue weighted by Gasteiger charge is 2.18. The number of ketones is 1. The lowest BCUT2D eigenvalue weighted by Gasteiger charge is -2.22. The second kappa shape index (κ2) is 3.64. The second-order valence-electron chi connectivity index (χ2n) is 3.54. The van der Waals surface area contributed by atoms with Crippen LogP contribution in [0, 0.1) is 0 Å². The first kappa shape index (κ1) is 8.35. The summed E-state index contributed by atoms with van der Waals surface area (Å²) in [7, 11) is 0. The Labute approximate surface area is 77.5 Å². The van der Waals surface area contributed by atoms with Gasteiger partial charge in [0.1, 0.15) is 11.6 Å². The summed E-state index contributed by atoms with van der Waals surface area (Å²) >= 11 is 0. The van der Waals surface area contributed by atoms with Crippen molar-refractivity contribution in [1.82, 2.24) is 4.98 Å². The quantitative estimate of drug-likeness (QED) is 0.726. The van der Waals surface area contributed by atoms with Crippen LogP contribution in [0.15, 0.2) is 18.3 Å². The van der Waals surface area contributed by atoms with Crippen molar-refractivity contribution in [3.8, 4) is 0 Å². The average Bonchev–Trinajstić information content (AvgIpc) is 2.62. The number of carbonyl (C=O) groups is 1. The van der Waals surface area contributed by atoms with E-state index >= 15 is 0 Å². The highest BCUT2D eigenvalue weighted by atomic mass is 16.1. The van der Waals surface area contributed by atoms with Crippen LogP contribution < -0.4 is 5.32 Å². The Morgan fingerprint density at radius 2 is 2.15 bits per heavy atom. The normalized spacial score (nSPS) is 18.9. The molecule has 70 valence electrons. The number of anilines is 1. The van der Waals surface area contributed by atoms with Crippen molar-refractivity contribution in [2.45, 2.75) is 31.7 Å². The van der Waals surface area contributed by atoms with Gasteiger partial charge in [-0.2, -0.15) is 0 Å². The van der Waals surface area contributed by atoms with Gasteiger partial charge in [-0.3, -0.25) is 4.79 Å². The number of carbonyl (C=O) groups excluding carboxylic acids is 1. The van der Waals surface area contributed by atoms with Gasteiger partial charge in [-0.1, -0.05) is 0 Å². The van der Waals surface area contributed by atoms with Crippen molar-refractivity contribution in [2.75, 3.05) is 5.32 Å². The molecule has 1 aromatic rings. The molecule has 0 unspecified atom stereocenters. The Morgan fingerprint density at radius 3 is 2.77 bits per heavy atom. The number of hydrogen-bond donors (Lipinski definition) is 2. The fourth-order valence-electron chi connectivity index (χ4n) is 1.72. The third-order valence-electron chi connectivity index (χ3n) is 2.50. The van der Waals surface area contributed by atoms with Crippen molar-refractivity contribution in [3.05, 3.63) is 18.3 Å². The molecule has 3 nitrogen and oxygen atoms in total. The van der Waals surface area contributed by atoms with Crippen LogP contribution in [0.4, 0.5) is 5.82 Å². The summed E-state index contributed by atoms with van der Waals surface area (Å²) in [6.07, 6.45) is 5.31. The van der Waals surface area contributed by atoms with Gasteiger partial charge in [0.15, 0.2) is 0 Å².